The third-order valence-electron chi connectivity index (χ3n) is 2.57. The van der Waals surface area contributed by atoms with Gasteiger partial charge in [0.05, 0.1) is 5.56 Å². The average molecular weight is 236 g/mol. The molecule has 0 aliphatic rings. The number of unbranched alkanes of at least 4 members (excludes halogenated alkanes) is 3. The third kappa shape index (κ3) is 4.87. The maximum absolute atomic E-state index is 11.7. The summed E-state index contributed by atoms with van der Waals surface area (Å²) in [7, 11) is 0. The number of phenols is 1. The Kier molecular flexibility index (Phi) is 6.10. The van der Waals surface area contributed by atoms with Crippen molar-refractivity contribution < 1.29 is 9.90 Å². The Morgan fingerprint density at radius 1 is 1.18 bits per heavy atom. The van der Waals surface area contributed by atoms with Gasteiger partial charge < -0.3 is 16.2 Å². The van der Waals surface area contributed by atoms with Gasteiger partial charge in [0.15, 0.2) is 0 Å². The van der Waals surface area contributed by atoms with E-state index in [-0.39, 0.29) is 11.7 Å². The van der Waals surface area contributed by atoms with E-state index >= 15 is 0 Å². The fraction of sp³-hybridized carbons (Fsp3) is 0.462. The van der Waals surface area contributed by atoms with Crippen molar-refractivity contribution in [3.63, 3.8) is 0 Å². The van der Waals surface area contributed by atoms with E-state index in [1.165, 1.54) is 6.07 Å². The molecule has 0 saturated carbocycles. The molecule has 0 aliphatic heterocycles. The lowest BCUT2D eigenvalue weighted by atomic mass is 10.1. The highest BCUT2D eigenvalue weighted by atomic mass is 16.3. The summed E-state index contributed by atoms with van der Waals surface area (Å²) in [5.74, 6) is -0.199. The molecule has 0 spiro atoms. The number of nitrogens with one attached hydrogen (secondary N) is 1. The van der Waals surface area contributed by atoms with Gasteiger partial charge in [-0.1, -0.05) is 25.0 Å². The minimum Gasteiger partial charge on any atom is -0.507 e. The van der Waals surface area contributed by atoms with Crippen LogP contribution >= 0.6 is 0 Å². The van der Waals surface area contributed by atoms with E-state index in [1.54, 1.807) is 18.2 Å². The van der Waals surface area contributed by atoms with E-state index in [4.69, 9.17) is 5.73 Å². The van der Waals surface area contributed by atoms with Crippen LogP contribution in [0.5, 0.6) is 5.75 Å². The number of rotatable bonds is 7. The second-order valence-corrected chi connectivity index (χ2v) is 3.98. The van der Waals surface area contributed by atoms with Gasteiger partial charge in [0.1, 0.15) is 5.75 Å². The lowest BCUT2D eigenvalue weighted by Gasteiger charge is -2.06. The highest BCUT2D eigenvalue weighted by Gasteiger charge is 2.08. The van der Waals surface area contributed by atoms with Gasteiger partial charge in [-0.2, -0.15) is 0 Å². The average Bonchev–Trinajstić information content (AvgIpc) is 2.34. The molecule has 1 rings (SSSR count). The van der Waals surface area contributed by atoms with Crippen LogP contribution in [0.1, 0.15) is 36.0 Å². The van der Waals surface area contributed by atoms with Crippen molar-refractivity contribution >= 4 is 5.91 Å². The molecule has 1 aromatic carbocycles. The second-order valence-electron chi connectivity index (χ2n) is 3.98. The molecule has 0 saturated heterocycles. The zero-order valence-corrected chi connectivity index (χ0v) is 9.98. The number of hydrogen-bond acceptors (Lipinski definition) is 3. The van der Waals surface area contributed by atoms with Crippen LogP contribution < -0.4 is 11.1 Å². The molecule has 4 nitrogen and oxygen atoms in total. The Bertz CT molecular complexity index is 353. The second kappa shape index (κ2) is 7.68. The lowest BCUT2D eigenvalue weighted by molar-refractivity contribution is 0.0950. The Hall–Kier alpha value is -1.55. The van der Waals surface area contributed by atoms with Crippen molar-refractivity contribution in [2.45, 2.75) is 25.7 Å². The number of aromatic hydroxyl groups is 1. The molecule has 0 radical (unpaired) electrons. The van der Waals surface area contributed by atoms with Crippen LogP contribution in [0.4, 0.5) is 0 Å². The number of carbonyl (C=O) groups is 1. The van der Waals surface area contributed by atoms with Crippen LogP contribution in [0.15, 0.2) is 24.3 Å². The first-order chi connectivity index (χ1) is 8.25. The largest absolute Gasteiger partial charge is 0.507 e. The van der Waals surface area contributed by atoms with Crippen molar-refractivity contribution in [3.8, 4) is 5.75 Å². The number of hydrogen-bond donors (Lipinski definition) is 3. The Balaban J connectivity index is 2.24. The molecular formula is C13H20N2O2. The summed E-state index contributed by atoms with van der Waals surface area (Å²) in [4.78, 5) is 11.7. The highest BCUT2D eigenvalue weighted by molar-refractivity contribution is 5.96. The number of phenolic OH excluding ortho intramolecular Hbond substituents is 1. The molecule has 94 valence electrons. The van der Waals surface area contributed by atoms with Gasteiger partial charge in [-0.3, -0.25) is 4.79 Å². The predicted octanol–water partition coefficient (Wildman–Crippen LogP) is 1.64. The molecular weight excluding hydrogens is 216 g/mol. The van der Waals surface area contributed by atoms with Crippen LogP contribution in [-0.2, 0) is 0 Å². The molecule has 0 atom stereocenters. The minimum absolute atomic E-state index is 0.0214. The maximum Gasteiger partial charge on any atom is 0.255 e. The summed E-state index contributed by atoms with van der Waals surface area (Å²) in [5, 5.41) is 12.3. The minimum atomic E-state index is -0.220. The maximum atomic E-state index is 11.7. The fourth-order valence-electron chi connectivity index (χ4n) is 1.59. The van der Waals surface area contributed by atoms with Crippen LogP contribution in [0.2, 0.25) is 0 Å². The van der Waals surface area contributed by atoms with Gasteiger partial charge in [-0.25, -0.2) is 0 Å². The zero-order valence-electron chi connectivity index (χ0n) is 9.98. The monoisotopic (exact) mass is 236 g/mol. The first-order valence-corrected chi connectivity index (χ1v) is 6.02. The number of nitrogens with two attached hydrogens (primary N) is 1. The van der Waals surface area contributed by atoms with E-state index in [2.05, 4.69) is 5.32 Å². The number of amides is 1. The van der Waals surface area contributed by atoms with Crippen LogP contribution in [0.3, 0.4) is 0 Å². The first-order valence-electron chi connectivity index (χ1n) is 6.02. The predicted molar refractivity (Wildman–Crippen MR) is 68.0 cm³/mol. The van der Waals surface area contributed by atoms with Gasteiger partial charge in [-0.05, 0) is 31.5 Å². The summed E-state index contributed by atoms with van der Waals surface area (Å²) in [6.07, 6.45) is 4.15. The number of para-hydroxylation sites is 1. The molecule has 0 heterocycles. The van der Waals surface area contributed by atoms with Crippen molar-refractivity contribution in [2.75, 3.05) is 13.1 Å². The number of carbonyl (C=O) groups excluding carboxylic acids is 1. The van der Waals surface area contributed by atoms with Crippen molar-refractivity contribution in [2.24, 2.45) is 5.73 Å². The summed E-state index contributed by atoms with van der Waals surface area (Å²) in [6.45, 7) is 1.36. The molecule has 4 N–H and O–H groups in total. The lowest BCUT2D eigenvalue weighted by Crippen LogP contribution is -2.24. The molecule has 0 aliphatic carbocycles. The molecule has 0 aromatic heterocycles. The van der Waals surface area contributed by atoms with Gasteiger partial charge in [0.2, 0.25) is 0 Å². The molecule has 0 unspecified atom stereocenters. The van der Waals surface area contributed by atoms with Crippen molar-refractivity contribution in [1.82, 2.24) is 5.32 Å². The van der Waals surface area contributed by atoms with Gasteiger partial charge in [0.25, 0.3) is 5.91 Å². The van der Waals surface area contributed by atoms with E-state index < -0.39 is 0 Å². The van der Waals surface area contributed by atoms with E-state index in [1.807, 2.05) is 0 Å². The highest BCUT2D eigenvalue weighted by Crippen LogP contribution is 2.14. The normalized spacial score (nSPS) is 10.2. The van der Waals surface area contributed by atoms with Crippen LogP contribution in [-0.4, -0.2) is 24.1 Å². The Labute approximate surface area is 102 Å². The summed E-state index contributed by atoms with van der Waals surface area (Å²) >= 11 is 0. The third-order valence-corrected chi connectivity index (χ3v) is 2.57. The molecule has 0 bridgehead atoms. The SMILES string of the molecule is NCCCCCCNC(=O)c1ccccc1O. The quantitative estimate of drug-likeness (QED) is 0.630. The Morgan fingerprint density at radius 2 is 1.88 bits per heavy atom. The molecule has 4 heteroatoms. The van der Waals surface area contributed by atoms with Gasteiger partial charge in [0, 0.05) is 6.54 Å². The molecule has 1 aromatic rings. The van der Waals surface area contributed by atoms with E-state index in [0.717, 1.165) is 32.2 Å². The summed E-state index contributed by atoms with van der Waals surface area (Å²) in [5.41, 5.74) is 5.71. The molecule has 17 heavy (non-hydrogen) atoms. The summed E-state index contributed by atoms with van der Waals surface area (Å²) in [6, 6.07) is 6.55. The van der Waals surface area contributed by atoms with E-state index in [9.17, 15) is 9.90 Å². The van der Waals surface area contributed by atoms with Crippen molar-refractivity contribution in [3.05, 3.63) is 29.8 Å². The van der Waals surface area contributed by atoms with Crippen LogP contribution in [0, 0.1) is 0 Å². The van der Waals surface area contributed by atoms with E-state index in [0.29, 0.717) is 12.1 Å². The standard InChI is InChI=1S/C13H20N2O2/c14-9-5-1-2-6-10-15-13(17)11-7-3-4-8-12(11)16/h3-4,7-8,16H,1-2,5-6,9-10,14H2,(H,15,17). The Morgan fingerprint density at radius 3 is 2.59 bits per heavy atom. The fourth-order valence-corrected chi connectivity index (χ4v) is 1.59. The smallest absolute Gasteiger partial charge is 0.255 e. The molecule has 1 amide bonds. The molecule has 0 fully saturated rings. The summed E-state index contributed by atoms with van der Waals surface area (Å²) < 4.78 is 0. The van der Waals surface area contributed by atoms with Gasteiger partial charge in [-0.15, -0.1) is 0 Å². The van der Waals surface area contributed by atoms with Crippen molar-refractivity contribution in [1.29, 1.82) is 0 Å². The zero-order chi connectivity index (χ0) is 12.5. The van der Waals surface area contributed by atoms with Gasteiger partial charge >= 0.3 is 0 Å². The topological polar surface area (TPSA) is 75.3 Å². The first kappa shape index (κ1) is 13.5. The van der Waals surface area contributed by atoms with Crippen LogP contribution in [0.25, 0.3) is 0 Å². The number of benzene rings is 1.